The molecule has 1 amide bonds. The highest BCUT2D eigenvalue weighted by Crippen LogP contribution is 2.44. The van der Waals surface area contributed by atoms with E-state index in [9.17, 15) is 27.6 Å². The molecule has 3 rings (SSSR count). The van der Waals surface area contributed by atoms with Gasteiger partial charge in [0.1, 0.15) is 0 Å². The summed E-state index contributed by atoms with van der Waals surface area (Å²) in [5, 5.41) is 3.94. The predicted octanol–water partition coefficient (Wildman–Crippen LogP) is 6.66. The van der Waals surface area contributed by atoms with Crippen LogP contribution >= 0.6 is 23.2 Å². The Hall–Kier alpha value is -2.66. The van der Waals surface area contributed by atoms with Crippen molar-refractivity contribution in [1.82, 2.24) is 19.7 Å². The first-order valence-corrected chi connectivity index (χ1v) is 13.7. The Balaban J connectivity index is 1.95. The van der Waals surface area contributed by atoms with Crippen LogP contribution in [0.25, 0.3) is 0 Å². The molecule has 0 atom stereocenters. The second-order valence-corrected chi connectivity index (χ2v) is 12.3. The number of hydrogen-bond donors (Lipinski definition) is 0. The van der Waals surface area contributed by atoms with Crippen LogP contribution in [0.3, 0.4) is 0 Å². The lowest BCUT2D eigenvalue weighted by atomic mass is 9.74. The standard InChI is InChI=1S/C27H33Cl2F3N4O4/c1-6-40-24(39)26(5)9-7-16(8-10-26)36-22(27(30,31)32)17(11-34-36)23(38)35(15-25(2,3)4)14-20(37)21-18(28)12-33-13-19(21)29/h11-13,16H,6-10,14-15H2,1-5H3. The third-order valence-electron chi connectivity index (χ3n) is 6.89. The number of alkyl halides is 3. The number of ether oxygens (including phenoxy) is 1. The summed E-state index contributed by atoms with van der Waals surface area (Å²) in [6, 6.07) is -0.673. The number of carbonyl (C=O) groups is 3. The zero-order valence-electron chi connectivity index (χ0n) is 23.1. The summed E-state index contributed by atoms with van der Waals surface area (Å²) >= 11 is 12.2. The Bertz CT molecular complexity index is 1250. The fourth-order valence-electron chi connectivity index (χ4n) is 4.94. The first-order valence-electron chi connectivity index (χ1n) is 12.9. The van der Waals surface area contributed by atoms with Crippen molar-refractivity contribution in [1.29, 1.82) is 0 Å². The van der Waals surface area contributed by atoms with E-state index >= 15 is 0 Å². The lowest BCUT2D eigenvalue weighted by Gasteiger charge is -2.36. The van der Waals surface area contributed by atoms with Crippen LogP contribution < -0.4 is 0 Å². The number of esters is 1. The van der Waals surface area contributed by atoms with Gasteiger partial charge in [0.05, 0.1) is 52.0 Å². The highest BCUT2D eigenvalue weighted by molar-refractivity contribution is 6.39. The van der Waals surface area contributed by atoms with Crippen molar-refractivity contribution in [2.24, 2.45) is 10.8 Å². The minimum Gasteiger partial charge on any atom is -0.466 e. The quantitative estimate of drug-likeness (QED) is 0.247. The average Bonchev–Trinajstić information content (AvgIpc) is 3.29. The summed E-state index contributed by atoms with van der Waals surface area (Å²) in [5.41, 5.74) is -3.26. The highest BCUT2D eigenvalue weighted by Gasteiger charge is 2.45. The maximum Gasteiger partial charge on any atom is 0.433 e. The number of nitrogens with zero attached hydrogens (tertiary/aromatic N) is 4. The zero-order valence-corrected chi connectivity index (χ0v) is 24.6. The van der Waals surface area contributed by atoms with E-state index < -0.39 is 52.5 Å². The molecule has 1 aliphatic carbocycles. The van der Waals surface area contributed by atoms with Crippen molar-refractivity contribution in [2.45, 2.75) is 72.5 Å². The van der Waals surface area contributed by atoms with Crippen LogP contribution in [0.1, 0.15) is 92.8 Å². The number of rotatable bonds is 8. The lowest BCUT2D eigenvalue weighted by molar-refractivity contribution is -0.157. The third kappa shape index (κ3) is 7.15. The van der Waals surface area contributed by atoms with Gasteiger partial charge in [0.25, 0.3) is 5.91 Å². The van der Waals surface area contributed by atoms with Gasteiger partial charge in [-0.25, -0.2) is 0 Å². The van der Waals surface area contributed by atoms with Gasteiger partial charge in [-0.3, -0.25) is 24.0 Å². The maximum atomic E-state index is 14.5. The molecule has 0 aliphatic heterocycles. The Morgan fingerprint density at radius 3 is 2.17 bits per heavy atom. The molecule has 1 fully saturated rings. The number of amides is 1. The van der Waals surface area contributed by atoms with Gasteiger partial charge in [-0.15, -0.1) is 0 Å². The van der Waals surface area contributed by atoms with E-state index in [0.29, 0.717) is 12.8 Å². The van der Waals surface area contributed by atoms with Crippen molar-refractivity contribution >= 4 is 40.9 Å². The topological polar surface area (TPSA) is 94.4 Å². The van der Waals surface area contributed by atoms with E-state index in [0.717, 1.165) is 15.8 Å². The van der Waals surface area contributed by atoms with Crippen molar-refractivity contribution < 1.29 is 32.3 Å². The van der Waals surface area contributed by atoms with Crippen LogP contribution in [-0.2, 0) is 15.7 Å². The third-order valence-corrected chi connectivity index (χ3v) is 7.46. The molecule has 40 heavy (non-hydrogen) atoms. The number of pyridine rings is 1. The van der Waals surface area contributed by atoms with Crippen LogP contribution in [0.2, 0.25) is 10.0 Å². The Kier molecular flexibility index (Phi) is 9.61. The second-order valence-electron chi connectivity index (χ2n) is 11.5. The average molecular weight is 605 g/mol. The molecule has 2 aromatic heterocycles. The summed E-state index contributed by atoms with van der Waals surface area (Å²) in [6.45, 7) is 8.45. The van der Waals surface area contributed by atoms with Crippen LogP contribution in [-0.4, -0.2) is 57.0 Å². The Labute approximate surface area is 241 Å². The van der Waals surface area contributed by atoms with E-state index in [-0.39, 0.29) is 47.6 Å². The second kappa shape index (κ2) is 12.1. The molecule has 0 bridgehead atoms. The molecule has 0 N–H and O–H groups in total. The Morgan fingerprint density at radius 2 is 1.68 bits per heavy atom. The van der Waals surface area contributed by atoms with Crippen molar-refractivity contribution in [3.63, 3.8) is 0 Å². The molecule has 2 aromatic rings. The molecular weight excluding hydrogens is 572 g/mol. The molecule has 0 aromatic carbocycles. The molecule has 2 heterocycles. The van der Waals surface area contributed by atoms with Gasteiger partial charge in [-0.1, -0.05) is 44.0 Å². The molecule has 0 unspecified atom stereocenters. The van der Waals surface area contributed by atoms with E-state index in [1.54, 1.807) is 34.6 Å². The van der Waals surface area contributed by atoms with Gasteiger partial charge in [-0.2, -0.15) is 18.3 Å². The summed E-state index contributed by atoms with van der Waals surface area (Å²) in [7, 11) is 0. The van der Waals surface area contributed by atoms with Gasteiger partial charge in [0.2, 0.25) is 0 Å². The smallest absolute Gasteiger partial charge is 0.433 e. The number of aromatic nitrogens is 3. The number of carbonyl (C=O) groups excluding carboxylic acids is 3. The van der Waals surface area contributed by atoms with Crippen LogP contribution in [0.4, 0.5) is 13.2 Å². The van der Waals surface area contributed by atoms with Crippen molar-refractivity contribution in [2.75, 3.05) is 19.7 Å². The molecule has 13 heteroatoms. The molecule has 1 aliphatic rings. The van der Waals surface area contributed by atoms with Gasteiger partial charge in [0, 0.05) is 18.9 Å². The van der Waals surface area contributed by atoms with Crippen molar-refractivity contribution in [3.05, 3.63) is 45.5 Å². The highest BCUT2D eigenvalue weighted by atomic mass is 35.5. The zero-order chi connectivity index (χ0) is 30.0. The number of Topliss-reactive ketones (excluding diaryl/α,β-unsaturated/α-hetero) is 1. The van der Waals surface area contributed by atoms with Crippen molar-refractivity contribution in [3.8, 4) is 0 Å². The van der Waals surface area contributed by atoms with E-state index in [4.69, 9.17) is 27.9 Å². The van der Waals surface area contributed by atoms with Gasteiger partial charge >= 0.3 is 12.1 Å². The van der Waals surface area contributed by atoms with Crippen LogP contribution in [0, 0.1) is 10.8 Å². The molecular formula is C27H33Cl2F3N4O4. The fraction of sp³-hybridized carbons (Fsp3) is 0.593. The minimum absolute atomic E-state index is 0.0261. The summed E-state index contributed by atoms with van der Waals surface area (Å²) in [4.78, 5) is 44.1. The molecule has 0 radical (unpaired) electrons. The van der Waals surface area contributed by atoms with E-state index in [1.165, 1.54) is 12.4 Å². The number of halogens is 5. The lowest BCUT2D eigenvalue weighted by Crippen LogP contribution is -2.42. The normalized spacial score (nSPS) is 19.8. The first-order chi connectivity index (χ1) is 18.5. The SMILES string of the molecule is CCOC(=O)C1(C)CCC(n2ncc(C(=O)N(CC(=O)c3c(Cl)cncc3Cl)CC(C)(C)C)c2C(F)(F)F)CC1. The monoisotopic (exact) mass is 604 g/mol. The van der Waals surface area contributed by atoms with Crippen LogP contribution in [0.15, 0.2) is 18.6 Å². The summed E-state index contributed by atoms with van der Waals surface area (Å²) in [6.07, 6.45) is -0.438. The predicted molar refractivity (Wildman–Crippen MR) is 143 cm³/mol. The molecule has 0 saturated heterocycles. The molecule has 220 valence electrons. The molecule has 1 saturated carbocycles. The van der Waals surface area contributed by atoms with Gasteiger partial charge in [-0.05, 0) is 44.9 Å². The van der Waals surface area contributed by atoms with E-state index in [2.05, 4.69) is 10.1 Å². The fourth-order valence-corrected chi connectivity index (χ4v) is 5.52. The maximum absolute atomic E-state index is 14.5. The molecule has 0 spiro atoms. The summed E-state index contributed by atoms with van der Waals surface area (Å²) in [5.74, 6) is -2.01. The minimum atomic E-state index is -4.90. The molecule has 8 nitrogen and oxygen atoms in total. The van der Waals surface area contributed by atoms with Gasteiger partial charge < -0.3 is 9.64 Å². The van der Waals surface area contributed by atoms with Crippen LogP contribution in [0.5, 0.6) is 0 Å². The largest absolute Gasteiger partial charge is 0.466 e. The number of ketones is 1. The number of hydrogen-bond acceptors (Lipinski definition) is 6. The first kappa shape index (κ1) is 31.9. The van der Waals surface area contributed by atoms with Gasteiger partial charge in [0.15, 0.2) is 11.5 Å². The van der Waals surface area contributed by atoms with E-state index in [1.807, 2.05) is 0 Å². The summed E-state index contributed by atoms with van der Waals surface area (Å²) < 4.78 is 49.4. The Morgan fingerprint density at radius 1 is 1.10 bits per heavy atom.